The van der Waals surface area contributed by atoms with Gasteiger partial charge in [0.2, 0.25) is 23.6 Å². The Balaban J connectivity index is 1.09. The first-order chi connectivity index (χ1) is 17.1. The molecule has 13 atom stereocenters. The number of amides is 4. The number of nitrogens with zero attached hydrogens (tertiary/aromatic N) is 2. The predicted octanol–water partition coefficient (Wildman–Crippen LogP) is 3.17. The number of imide groups is 2. The van der Waals surface area contributed by atoms with Crippen molar-refractivity contribution in [2.75, 3.05) is 6.54 Å². The SMILES string of the molecule is O=C(O)[C@H](CCCCN1C(=O)[C@@H]2[C@H]3C[C@@H]([C@H](Br)[C@@H]3Br)[C@@H]2C1=O)N1C(=O)[C@@H]2[C@H]3C[C@@H]([C@H](Br)[C@@H]3Br)[C@@H]2C1=O. The van der Waals surface area contributed by atoms with Crippen molar-refractivity contribution in [3.63, 3.8) is 0 Å². The van der Waals surface area contributed by atoms with Crippen LogP contribution in [0.5, 0.6) is 0 Å². The molecule has 8 nitrogen and oxygen atoms in total. The van der Waals surface area contributed by atoms with Crippen LogP contribution in [0.3, 0.4) is 0 Å². The molecule has 0 unspecified atom stereocenters. The number of fused-ring (bicyclic) bond motifs is 10. The third kappa shape index (κ3) is 3.41. The first kappa shape index (κ1) is 25.9. The highest BCUT2D eigenvalue weighted by Crippen LogP contribution is 2.61. The van der Waals surface area contributed by atoms with Crippen molar-refractivity contribution < 1.29 is 29.1 Å². The minimum atomic E-state index is -1.22. The topological polar surface area (TPSA) is 112 Å². The summed E-state index contributed by atoms with van der Waals surface area (Å²) in [5, 5.41) is 9.91. The Hall–Kier alpha value is -0.330. The molecule has 0 aromatic rings. The summed E-state index contributed by atoms with van der Waals surface area (Å²) >= 11 is 14.7. The number of unbranched alkanes of at least 4 members (excludes halogenated alkanes) is 1. The van der Waals surface area contributed by atoms with Crippen LogP contribution in [0.1, 0.15) is 32.1 Å². The third-order valence-electron chi connectivity index (χ3n) is 9.81. The zero-order valence-electron chi connectivity index (χ0n) is 19.1. The largest absolute Gasteiger partial charge is 0.480 e. The first-order valence-corrected chi connectivity index (χ1v) is 16.2. The van der Waals surface area contributed by atoms with Gasteiger partial charge in [0.05, 0.1) is 23.7 Å². The summed E-state index contributed by atoms with van der Waals surface area (Å²) < 4.78 is 0. The number of carbonyl (C=O) groups is 5. The normalized spacial score (nSPS) is 47.3. The Morgan fingerprint density at radius 3 is 1.50 bits per heavy atom. The lowest BCUT2D eigenvalue weighted by molar-refractivity contribution is -0.155. The van der Waals surface area contributed by atoms with Crippen LogP contribution in [0, 0.1) is 47.3 Å². The van der Waals surface area contributed by atoms with Gasteiger partial charge in [0.15, 0.2) is 0 Å². The second-order valence-electron chi connectivity index (χ2n) is 11.2. The molecule has 2 heterocycles. The average Bonchev–Trinajstić information content (AvgIpc) is 3.63. The molecule has 6 fully saturated rings. The molecular weight excluding hydrogens is 732 g/mol. The molecule has 0 aromatic carbocycles. The number of carbonyl (C=O) groups excluding carboxylic acids is 4. The van der Waals surface area contributed by atoms with Gasteiger partial charge in [0.1, 0.15) is 6.04 Å². The van der Waals surface area contributed by atoms with Crippen LogP contribution in [-0.4, -0.2) is 76.4 Å². The molecule has 0 aromatic heterocycles. The van der Waals surface area contributed by atoms with Gasteiger partial charge < -0.3 is 5.11 Å². The van der Waals surface area contributed by atoms with Gasteiger partial charge in [0, 0.05) is 25.9 Å². The van der Waals surface area contributed by atoms with E-state index in [4.69, 9.17) is 0 Å². The fourth-order valence-electron chi connectivity index (χ4n) is 8.28. The Bertz CT molecular complexity index is 994. The van der Waals surface area contributed by atoms with Gasteiger partial charge in [-0.05, 0) is 55.8 Å². The predicted molar refractivity (Wildman–Crippen MR) is 142 cm³/mol. The van der Waals surface area contributed by atoms with E-state index in [1.165, 1.54) is 4.90 Å². The van der Waals surface area contributed by atoms with Crippen LogP contribution in [0.2, 0.25) is 0 Å². The molecule has 2 saturated heterocycles. The van der Waals surface area contributed by atoms with Gasteiger partial charge in [0.25, 0.3) is 0 Å². The van der Waals surface area contributed by atoms with E-state index in [0.717, 1.165) is 17.7 Å². The lowest BCUT2D eigenvalue weighted by Crippen LogP contribution is -2.46. The molecule has 0 radical (unpaired) electrons. The Labute approximate surface area is 242 Å². The molecule has 4 aliphatic carbocycles. The second-order valence-corrected chi connectivity index (χ2v) is 15.5. The fraction of sp³-hybridized carbons (Fsp3) is 0.792. The van der Waals surface area contributed by atoms with Crippen molar-refractivity contribution >= 4 is 93.3 Å². The number of carboxylic acids is 1. The van der Waals surface area contributed by atoms with Crippen LogP contribution in [0.25, 0.3) is 0 Å². The summed E-state index contributed by atoms with van der Waals surface area (Å²) in [6.07, 6.45) is 2.60. The van der Waals surface area contributed by atoms with Gasteiger partial charge >= 0.3 is 5.97 Å². The fourth-order valence-corrected chi connectivity index (χ4v) is 12.0. The number of hydrogen-bond donors (Lipinski definition) is 1. The molecule has 1 N–H and O–H groups in total. The highest BCUT2D eigenvalue weighted by atomic mass is 79.9. The molecular formula is C24H26Br4N2O6. The van der Waals surface area contributed by atoms with Crippen LogP contribution in [0.15, 0.2) is 0 Å². The molecule has 4 bridgehead atoms. The molecule has 12 heteroatoms. The number of alkyl halides is 4. The summed E-state index contributed by atoms with van der Waals surface area (Å²) in [7, 11) is 0. The van der Waals surface area contributed by atoms with Gasteiger partial charge in [-0.25, -0.2) is 4.79 Å². The van der Waals surface area contributed by atoms with Crippen LogP contribution >= 0.6 is 63.7 Å². The highest BCUT2D eigenvalue weighted by molar-refractivity contribution is 9.12. The number of halogens is 4. The summed E-state index contributed by atoms with van der Waals surface area (Å²) in [6, 6.07) is -1.22. The number of rotatable bonds is 7. The quantitative estimate of drug-likeness (QED) is 0.243. The van der Waals surface area contributed by atoms with Crippen molar-refractivity contribution in [3.05, 3.63) is 0 Å². The molecule has 6 aliphatic rings. The number of aliphatic carboxylic acids is 1. The van der Waals surface area contributed by atoms with Gasteiger partial charge in [-0.2, -0.15) is 0 Å². The lowest BCUT2D eigenvalue weighted by atomic mass is 9.81. The van der Waals surface area contributed by atoms with Crippen molar-refractivity contribution in [2.45, 2.75) is 57.5 Å². The summed E-state index contributed by atoms with van der Waals surface area (Å²) in [6.45, 7) is 0.240. The van der Waals surface area contributed by atoms with Crippen LogP contribution in [0.4, 0.5) is 0 Å². The molecule has 36 heavy (non-hydrogen) atoms. The monoisotopic (exact) mass is 754 g/mol. The Kier molecular flexibility index (Phi) is 6.56. The smallest absolute Gasteiger partial charge is 0.326 e. The molecule has 196 valence electrons. The maximum Gasteiger partial charge on any atom is 0.326 e. The molecule has 4 amide bonds. The van der Waals surface area contributed by atoms with Crippen LogP contribution < -0.4 is 0 Å². The minimum Gasteiger partial charge on any atom is -0.480 e. The zero-order valence-corrected chi connectivity index (χ0v) is 25.5. The zero-order chi connectivity index (χ0) is 25.8. The van der Waals surface area contributed by atoms with Crippen molar-refractivity contribution in [1.29, 1.82) is 0 Å². The van der Waals surface area contributed by atoms with E-state index in [-0.39, 0.29) is 91.4 Å². The number of likely N-dealkylation sites (tertiary alicyclic amines) is 2. The van der Waals surface area contributed by atoms with Crippen LogP contribution in [-0.2, 0) is 24.0 Å². The number of hydrogen-bond acceptors (Lipinski definition) is 5. The van der Waals surface area contributed by atoms with E-state index in [1.807, 2.05) is 0 Å². The second kappa shape index (κ2) is 9.11. The average molecular weight is 758 g/mol. The Morgan fingerprint density at radius 1 is 0.722 bits per heavy atom. The van der Waals surface area contributed by atoms with E-state index in [2.05, 4.69) is 63.7 Å². The van der Waals surface area contributed by atoms with Crippen molar-refractivity contribution in [1.82, 2.24) is 9.80 Å². The lowest BCUT2D eigenvalue weighted by Gasteiger charge is -2.28. The minimum absolute atomic E-state index is 0.0282. The van der Waals surface area contributed by atoms with E-state index in [1.54, 1.807) is 0 Å². The maximum atomic E-state index is 13.2. The van der Waals surface area contributed by atoms with E-state index < -0.39 is 23.8 Å². The number of carboxylic acid groups (broad SMARTS) is 1. The highest BCUT2D eigenvalue weighted by Gasteiger charge is 2.68. The molecule has 6 rings (SSSR count). The van der Waals surface area contributed by atoms with Crippen molar-refractivity contribution in [2.24, 2.45) is 47.3 Å². The first-order valence-electron chi connectivity index (χ1n) is 12.6. The maximum absolute atomic E-state index is 13.2. The molecule has 2 aliphatic heterocycles. The summed E-state index contributed by atoms with van der Waals surface area (Å²) in [4.78, 5) is 67.7. The van der Waals surface area contributed by atoms with Gasteiger partial charge in [-0.3, -0.25) is 29.0 Å². The summed E-state index contributed by atoms with van der Waals surface area (Å²) in [5.74, 6) is -3.21. The third-order valence-corrected chi connectivity index (χ3v) is 16.2. The van der Waals surface area contributed by atoms with Gasteiger partial charge in [-0.15, -0.1) is 0 Å². The van der Waals surface area contributed by atoms with E-state index in [9.17, 15) is 29.1 Å². The molecule has 4 saturated carbocycles. The summed E-state index contributed by atoms with van der Waals surface area (Å²) in [5.41, 5.74) is 0. The Morgan fingerprint density at radius 2 is 1.11 bits per heavy atom. The molecule has 0 spiro atoms. The standard InChI is InChI=1S/C24H26Br4N2O6/c25-16-7-5-8(17(16)26)13-12(7)20(31)29(21(13)32)4-2-1-3-11(24(35)36)30-22(33)14-9-6-10(15(14)23(30)34)19(28)18(9)27/h7-19H,1-6H2,(H,35,36)/t7-,8-,9-,10-,11+,12-,13+,14-,15+,16-,17+,18-,19+/m1/s1. The van der Waals surface area contributed by atoms with Crippen molar-refractivity contribution in [3.8, 4) is 0 Å². The van der Waals surface area contributed by atoms with E-state index in [0.29, 0.717) is 12.8 Å². The van der Waals surface area contributed by atoms with Gasteiger partial charge in [-0.1, -0.05) is 63.7 Å². The van der Waals surface area contributed by atoms with E-state index >= 15 is 0 Å².